The third-order valence-corrected chi connectivity index (χ3v) is 3.85. The Morgan fingerprint density at radius 3 is 2.50 bits per heavy atom. The molecule has 1 heterocycles. The SMILES string of the molecule is CCNc1ccc(C(=O)NCC(C)N2CCCC2)cc1. The second-order valence-electron chi connectivity index (χ2n) is 5.41. The van der Waals surface area contributed by atoms with Crippen LogP contribution in [-0.2, 0) is 0 Å². The lowest BCUT2D eigenvalue weighted by Gasteiger charge is -2.23. The van der Waals surface area contributed by atoms with E-state index in [-0.39, 0.29) is 5.91 Å². The highest BCUT2D eigenvalue weighted by Gasteiger charge is 2.18. The molecule has 0 radical (unpaired) electrons. The zero-order valence-electron chi connectivity index (χ0n) is 12.5. The van der Waals surface area contributed by atoms with Gasteiger partial charge in [-0.15, -0.1) is 0 Å². The zero-order valence-corrected chi connectivity index (χ0v) is 12.5. The van der Waals surface area contributed by atoms with Gasteiger partial charge in [0.25, 0.3) is 5.91 Å². The van der Waals surface area contributed by atoms with Crippen molar-refractivity contribution in [1.29, 1.82) is 0 Å². The zero-order chi connectivity index (χ0) is 14.4. The van der Waals surface area contributed by atoms with Gasteiger partial charge >= 0.3 is 0 Å². The van der Waals surface area contributed by atoms with E-state index in [2.05, 4.69) is 29.4 Å². The smallest absolute Gasteiger partial charge is 0.251 e. The van der Waals surface area contributed by atoms with Crippen LogP contribution in [0, 0.1) is 0 Å². The van der Waals surface area contributed by atoms with Gasteiger partial charge in [-0.3, -0.25) is 9.69 Å². The molecule has 0 bridgehead atoms. The minimum Gasteiger partial charge on any atom is -0.385 e. The van der Waals surface area contributed by atoms with Crippen molar-refractivity contribution in [3.8, 4) is 0 Å². The Balaban J connectivity index is 1.81. The summed E-state index contributed by atoms with van der Waals surface area (Å²) in [5.41, 5.74) is 1.77. The molecule has 0 spiro atoms. The van der Waals surface area contributed by atoms with Crippen molar-refractivity contribution in [2.45, 2.75) is 32.7 Å². The van der Waals surface area contributed by atoms with Crippen LogP contribution in [0.3, 0.4) is 0 Å². The molecular weight excluding hydrogens is 250 g/mol. The van der Waals surface area contributed by atoms with Gasteiger partial charge < -0.3 is 10.6 Å². The van der Waals surface area contributed by atoms with Crippen LogP contribution in [0.2, 0.25) is 0 Å². The topological polar surface area (TPSA) is 44.4 Å². The number of nitrogens with one attached hydrogen (secondary N) is 2. The van der Waals surface area contributed by atoms with Crippen molar-refractivity contribution >= 4 is 11.6 Å². The Hall–Kier alpha value is -1.55. The summed E-state index contributed by atoms with van der Waals surface area (Å²) < 4.78 is 0. The molecule has 1 fully saturated rings. The maximum atomic E-state index is 12.1. The number of amides is 1. The largest absolute Gasteiger partial charge is 0.385 e. The van der Waals surface area contributed by atoms with Crippen LogP contribution in [0.4, 0.5) is 5.69 Å². The third kappa shape index (κ3) is 3.97. The first-order valence-electron chi connectivity index (χ1n) is 7.57. The fourth-order valence-electron chi connectivity index (χ4n) is 2.60. The van der Waals surface area contributed by atoms with Crippen molar-refractivity contribution in [3.63, 3.8) is 0 Å². The van der Waals surface area contributed by atoms with E-state index < -0.39 is 0 Å². The Kier molecular flexibility index (Phi) is 5.41. The quantitative estimate of drug-likeness (QED) is 0.837. The number of anilines is 1. The van der Waals surface area contributed by atoms with Crippen molar-refractivity contribution in [1.82, 2.24) is 10.2 Å². The number of hydrogen-bond donors (Lipinski definition) is 2. The van der Waals surface area contributed by atoms with E-state index in [1.165, 1.54) is 12.8 Å². The Labute approximate surface area is 121 Å². The summed E-state index contributed by atoms with van der Waals surface area (Å²) in [6.45, 7) is 8.16. The lowest BCUT2D eigenvalue weighted by Crippen LogP contribution is -2.40. The van der Waals surface area contributed by atoms with Crippen LogP contribution < -0.4 is 10.6 Å². The van der Waals surface area contributed by atoms with Crippen LogP contribution in [0.1, 0.15) is 37.0 Å². The standard InChI is InChI=1S/C16H25N3O/c1-3-17-15-8-6-14(7-9-15)16(20)18-12-13(2)19-10-4-5-11-19/h6-9,13,17H,3-5,10-12H2,1-2H3,(H,18,20). The molecule has 1 saturated heterocycles. The summed E-state index contributed by atoms with van der Waals surface area (Å²) >= 11 is 0. The number of benzene rings is 1. The Morgan fingerprint density at radius 1 is 1.25 bits per heavy atom. The van der Waals surface area contributed by atoms with E-state index in [0.29, 0.717) is 12.6 Å². The van der Waals surface area contributed by atoms with Crippen LogP contribution in [-0.4, -0.2) is 43.0 Å². The third-order valence-electron chi connectivity index (χ3n) is 3.85. The van der Waals surface area contributed by atoms with Crippen LogP contribution in [0.25, 0.3) is 0 Å². The fourth-order valence-corrected chi connectivity index (χ4v) is 2.60. The molecule has 4 nitrogen and oxygen atoms in total. The number of hydrogen-bond acceptors (Lipinski definition) is 3. The van der Waals surface area contributed by atoms with E-state index >= 15 is 0 Å². The van der Waals surface area contributed by atoms with Gasteiger partial charge in [-0.2, -0.15) is 0 Å². The monoisotopic (exact) mass is 275 g/mol. The van der Waals surface area contributed by atoms with Gasteiger partial charge in [0.2, 0.25) is 0 Å². The second kappa shape index (κ2) is 7.29. The molecule has 1 unspecified atom stereocenters. The highest BCUT2D eigenvalue weighted by molar-refractivity contribution is 5.94. The first kappa shape index (κ1) is 14.9. The highest BCUT2D eigenvalue weighted by atomic mass is 16.1. The molecule has 0 aliphatic carbocycles. The Morgan fingerprint density at radius 2 is 1.90 bits per heavy atom. The first-order valence-corrected chi connectivity index (χ1v) is 7.57. The molecule has 1 aromatic carbocycles. The van der Waals surface area contributed by atoms with E-state index in [1.807, 2.05) is 24.3 Å². The number of rotatable bonds is 6. The van der Waals surface area contributed by atoms with Gasteiger partial charge in [0.05, 0.1) is 0 Å². The van der Waals surface area contributed by atoms with Crippen molar-refractivity contribution in [2.24, 2.45) is 0 Å². The summed E-state index contributed by atoms with van der Waals surface area (Å²) in [6.07, 6.45) is 2.56. The second-order valence-corrected chi connectivity index (χ2v) is 5.41. The molecule has 1 amide bonds. The molecule has 20 heavy (non-hydrogen) atoms. The number of carbonyl (C=O) groups is 1. The van der Waals surface area contributed by atoms with E-state index in [0.717, 1.165) is 30.9 Å². The summed E-state index contributed by atoms with van der Waals surface area (Å²) in [5, 5.41) is 6.25. The van der Waals surface area contributed by atoms with Gasteiger partial charge in [0.15, 0.2) is 0 Å². The Bertz CT molecular complexity index is 424. The van der Waals surface area contributed by atoms with Crippen molar-refractivity contribution < 1.29 is 4.79 Å². The van der Waals surface area contributed by atoms with Gasteiger partial charge in [0, 0.05) is 30.4 Å². The number of nitrogens with zero attached hydrogens (tertiary/aromatic N) is 1. The van der Waals surface area contributed by atoms with E-state index in [4.69, 9.17) is 0 Å². The maximum Gasteiger partial charge on any atom is 0.251 e. The summed E-state index contributed by atoms with van der Waals surface area (Å²) in [5.74, 6) is 0.0131. The molecule has 2 rings (SSSR count). The van der Waals surface area contributed by atoms with Gasteiger partial charge in [-0.1, -0.05) is 0 Å². The van der Waals surface area contributed by atoms with Crippen LogP contribution in [0.15, 0.2) is 24.3 Å². The number of likely N-dealkylation sites (tertiary alicyclic amines) is 1. The molecule has 0 aromatic heterocycles. The first-order chi connectivity index (χ1) is 9.70. The molecule has 0 saturated carbocycles. The average Bonchev–Trinajstić information content (AvgIpc) is 3.00. The van der Waals surface area contributed by atoms with Gasteiger partial charge in [-0.25, -0.2) is 0 Å². The summed E-state index contributed by atoms with van der Waals surface area (Å²) in [4.78, 5) is 14.5. The average molecular weight is 275 g/mol. The molecule has 1 aliphatic heterocycles. The molecule has 1 atom stereocenters. The molecule has 1 aromatic rings. The molecule has 4 heteroatoms. The lowest BCUT2D eigenvalue weighted by atomic mass is 10.2. The molecular formula is C16H25N3O. The molecule has 110 valence electrons. The van der Waals surface area contributed by atoms with Gasteiger partial charge in [0.1, 0.15) is 0 Å². The lowest BCUT2D eigenvalue weighted by molar-refractivity contribution is 0.0940. The minimum absolute atomic E-state index is 0.0131. The van der Waals surface area contributed by atoms with Crippen molar-refractivity contribution in [3.05, 3.63) is 29.8 Å². The predicted octanol–water partition coefficient (Wildman–Crippen LogP) is 2.33. The molecule has 1 aliphatic rings. The predicted molar refractivity (Wildman–Crippen MR) is 83.2 cm³/mol. The number of carbonyl (C=O) groups excluding carboxylic acids is 1. The fraction of sp³-hybridized carbons (Fsp3) is 0.562. The molecule has 2 N–H and O–H groups in total. The van der Waals surface area contributed by atoms with Gasteiger partial charge in [-0.05, 0) is 64.0 Å². The summed E-state index contributed by atoms with van der Waals surface area (Å²) in [6, 6.07) is 8.05. The van der Waals surface area contributed by atoms with Crippen LogP contribution >= 0.6 is 0 Å². The highest BCUT2D eigenvalue weighted by Crippen LogP contribution is 2.12. The van der Waals surface area contributed by atoms with E-state index in [1.54, 1.807) is 0 Å². The normalized spacial score (nSPS) is 16.9. The minimum atomic E-state index is 0.0131. The maximum absolute atomic E-state index is 12.1. The van der Waals surface area contributed by atoms with Crippen LogP contribution in [0.5, 0.6) is 0 Å². The van der Waals surface area contributed by atoms with E-state index in [9.17, 15) is 4.79 Å². The summed E-state index contributed by atoms with van der Waals surface area (Å²) in [7, 11) is 0. The van der Waals surface area contributed by atoms with Crippen molar-refractivity contribution in [2.75, 3.05) is 31.5 Å².